The third kappa shape index (κ3) is 13.6. The van der Waals surface area contributed by atoms with Gasteiger partial charge in [0, 0.05) is 33.7 Å². The van der Waals surface area contributed by atoms with Crippen molar-refractivity contribution in [3.63, 3.8) is 0 Å². The molecule has 0 aliphatic heterocycles. The second kappa shape index (κ2) is 25.7. The van der Waals surface area contributed by atoms with Crippen LogP contribution in [0.15, 0.2) is 48.5 Å². The van der Waals surface area contributed by atoms with Crippen LogP contribution in [0.1, 0.15) is 47.9 Å². The maximum atomic E-state index is 6.02. The van der Waals surface area contributed by atoms with Crippen molar-refractivity contribution in [2.75, 3.05) is 120 Å². The summed E-state index contributed by atoms with van der Waals surface area (Å²) in [7, 11) is 3.33. The molecular weight excluding hydrogens is 777 g/mol. The lowest BCUT2D eigenvalue weighted by Gasteiger charge is -2.16. The Kier molecular flexibility index (Phi) is 19.8. The van der Waals surface area contributed by atoms with Crippen LogP contribution in [0.5, 0.6) is 11.5 Å². The number of hydrogen-bond donors (Lipinski definition) is 0. The summed E-state index contributed by atoms with van der Waals surface area (Å²) in [6.07, 6.45) is 9.62. The van der Waals surface area contributed by atoms with Gasteiger partial charge < -0.3 is 47.4 Å². The molecule has 58 heavy (non-hydrogen) atoms. The molecule has 12 heteroatoms. The summed E-state index contributed by atoms with van der Waals surface area (Å²) < 4.78 is 55.2. The summed E-state index contributed by atoms with van der Waals surface area (Å²) >= 11 is 4.01. The van der Waals surface area contributed by atoms with Gasteiger partial charge in [0.25, 0.3) is 0 Å². The van der Waals surface area contributed by atoms with Crippen molar-refractivity contribution in [3.8, 4) is 42.1 Å². The molecule has 0 radical (unpaired) electrons. The smallest absolute Gasteiger partial charge is 0.119 e. The SMILES string of the molecule is COCCOCCOCCOCCOc1ccc(-c2sc(-c3sc(-c4ccc(OCCOCCOCCOCCOC)cc4)c4c3CCCC4)c3c2CCCC3)cc1. The van der Waals surface area contributed by atoms with E-state index in [-0.39, 0.29) is 0 Å². The van der Waals surface area contributed by atoms with Crippen LogP contribution in [0.2, 0.25) is 0 Å². The van der Waals surface area contributed by atoms with Crippen molar-refractivity contribution < 1.29 is 47.4 Å². The van der Waals surface area contributed by atoms with Crippen LogP contribution in [0.3, 0.4) is 0 Å². The van der Waals surface area contributed by atoms with Crippen LogP contribution in [-0.4, -0.2) is 120 Å². The lowest BCUT2D eigenvalue weighted by atomic mass is 9.87. The van der Waals surface area contributed by atoms with Crippen molar-refractivity contribution in [2.24, 2.45) is 0 Å². The fraction of sp³-hybridized carbons (Fsp3) is 0.565. The first-order valence-corrected chi connectivity index (χ1v) is 22.6. The van der Waals surface area contributed by atoms with Crippen LogP contribution in [0.25, 0.3) is 30.6 Å². The highest BCUT2D eigenvalue weighted by Gasteiger charge is 2.29. The molecule has 0 unspecified atom stereocenters. The van der Waals surface area contributed by atoms with E-state index in [2.05, 4.69) is 48.5 Å². The summed E-state index contributed by atoms with van der Waals surface area (Å²) in [5.41, 5.74) is 8.83. The molecule has 0 amide bonds. The van der Waals surface area contributed by atoms with E-state index in [0.717, 1.165) is 37.2 Å². The van der Waals surface area contributed by atoms with Gasteiger partial charge in [-0.1, -0.05) is 0 Å². The highest BCUT2D eigenvalue weighted by molar-refractivity contribution is 7.25. The van der Waals surface area contributed by atoms with E-state index in [4.69, 9.17) is 47.4 Å². The summed E-state index contributed by atoms with van der Waals surface area (Å²) in [5, 5.41) is 0. The molecule has 2 aromatic carbocycles. The maximum Gasteiger partial charge on any atom is 0.119 e. The van der Waals surface area contributed by atoms with Gasteiger partial charge in [-0.15, -0.1) is 22.7 Å². The fourth-order valence-corrected chi connectivity index (χ4v) is 10.3. The predicted octanol–water partition coefficient (Wildman–Crippen LogP) is 8.72. The highest BCUT2D eigenvalue weighted by Crippen LogP contribution is 2.52. The van der Waals surface area contributed by atoms with E-state index in [1.54, 1.807) is 36.5 Å². The van der Waals surface area contributed by atoms with E-state index in [9.17, 15) is 0 Å². The van der Waals surface area contributed by atoms with Crippen LogP contribution in [0.4, 0.5) is 0 Å². The van der Waals surface area contributed by atoms with E-state index in [0.29, 0.717) is 106 Å². The van der Waals surface area contributed by atoms with Gasteiger partial charge in [0.1, 0.15) is 24.7 Å². The summed E-state index contributed by atoms with van der Waals surface area (Å²) in [6, 6.07) is 17.3. The second-order valence-electron chi connectivity index (χ2n) is 14.3. The molecule has 2 aliphatic carbocycles. The summed E-state index contributed by atoms with van der Waals surface area (Å²) in [5.74, 6) is 1.73. The average Bonchev–Trinajstić information content (AvgIpc) is 3.84. The van der Waals surface area contributed by atoms with Crippen LogP contribution in [0, 0.1) is 0 Å². The number of benzene rings is 2. The van der Waals surface area contributed by atoms with Crippen LogP contribution >= 0.6 is 22.7 Å². The van der Waals surface area contributed by atoms with Gasteiger partial charge >= 0.3 is 0 Å². The van der Waals surface area contributed by atoms with Crippen molar-refractivity contribution >= 4 is 22.7 Å². The third-order valence-corrected chi connectivity index (χ3v) is 13.0. The molecule has 2 aliphatic rings. The Morgan fingerprint density at radius 2 is 0.621 bits per heavy atom. The van der Waals surface area contributed by atoms with Crippen LogP contribution in [-0.2, 0) is 63.6 Å². The first-order valence-electron chi connectivity index (χ1n) is 21.0. The Hall–Kier alpha value is -2.88. The number of hydrogen-bond acceptors (Lipinski definition) is 12. The molecule has 0 bridgehead atoms. The van der Waals surface area contributed by atoms with Gasteiger partial charge in [0.05, 0.1) is 92.5 Å². The van der Waals surface area contributed by atoms with Gasteiger partial charge in [-0.2, -0.15) is 0 Å². The molecule has 0 atom stereocenters. The molecule has 2 aromatic heterocycles. The second-order valence-corrected chi connectivity index (χ2v) is 16.3. The Balaban J connectivity index is 1.01. The fourth-order valence-electron chi connectivity index (χ4n) is 7.31. The number of ether oxygens (including phenoxy) is 10. The van der Waals surface area contributed by atoms with Crippen molar-refractivity contribution in [3.05, 3.63) is 70.8 Å². The maximum absolute atomic E-state index is 6.02. The molecule has 10 nitrogen and oxygen atoms in total. The van der Waals surface area contributed by atoms with Gasteiger partial charge in [-0.05, 0) is 133 Å². The van der Waals surface area contributed by atoms with Crippen molar-refractivity contribution in [1.82, 2.24) is 0 Å². The highest BCUT2D eigenvalue weighted by atomic mass is 32.1. The molecular formula is C46H62O10S2. The topological polar surface area (TPSA) is 92.3 Å². The monoisotopic (exact) mass is 838 g/mol. The van der Waals surface area contributed by atoms with E-state index < -0.39 is 0 Å². The van der Waals surface area contributed by atoms with Gasteiger partial charge in [-0.25, -0.2) is 0 Å². The van der Waals surface area contributed by atoms with Gasteiger partial charge in [0.2, 0.25) is 0 Å². The Morgan fingerprint density at radius 1 is 0.345 bits per heavy atom. The molecule has 4 aromatic rings. The number of fused-ring (bicyclic) bond motifs is 2. The lowest BCUT2D eigenvalue weighted by Crippen LogP contribution is -2.13. The predicted molar refractivity (Wildman–Crippen MR) is 231 cm³/mol. The Bertz CT molecular complexity index is 1610. The number of methoxy groups -OCH3 is 2. The number of rotatable bonds is 29. The summed E-state index contributed by atoms with van der Waals surface area (Å²) in [4.78, 5) is 5.84. The molecule has 2 heterocycles. The average molecular weight is 839 g/mol. The molecule has 0 saturated heterocycles. The summed E-state index contributed by atoms with van der Waals surface area (Å²) in [6.45, 7) is 8.76. The molecule has 6 rings (SSSR count). The molecule has 0 fully saturated rings. The van der Waals surface area contributed by atoms with Gasteiger partial charge in [-0.3, -0.25) is 0 Å². The number of thiophene rings is 2. The zero-order chi connectivity index (χ0) is 40.0. The first kappa shape index (κ1) is 44.7. The minimum atomic E-state index is 0.499. The minimum absolute atomic E-state index is 0.499. The molecule has 318 valence electrons. The third-order valence-electron chi connectivity index (χ3n) is 10.2. The first-order chi connectivity index (χ1) is 28.8. The minimum Gasteiger partial charge on any atom is -0.491 e. The van der Waals surface area contributed by atoms with E-state index in [1.807, 2.05) is 22.7 Å². The quantitative estimate of drug-likeness (QED) is 0.0495. The Morgan fingerprint density at radius 3 is 0.931 bits per heavy atom. The van der Waals surface area contributed by atoms with E-state index >= 15 is 0 Å². The molecule has 0 saturated carbocycles. The molecule has 0 N–H and O–H groups in total. The molecule has 0 spiro atoms. The van der Waals surface area contributed by atoms with E-state index in [1.165, 1.54) is 56.3 Å². The van der Waals surface area contributed by atoms with Crippen molar-refractivity contribution in [2.45, 2.75) is 51.4 Å². The standard InChI is InChI=1S/C46H62O10S2/c1-47-19-21-49-23-25-51-27-29-53-31-33-55-37-15-11-35(12-16-37)43-39-7-3-5-9-41(39)45(57-43)46-42-10-6-4-8-40(42)44(58-46)36-13-17-38(18-14-36)56-34-32-54-30-28-52-26-24-50-22-20-48-2/h11-18H,3-10,19-34H2,1-2H3. The lowest BCUT2D eigenvalue weighted by molar-refractivity contribution is 0.000164. The zero-order valence-electron chi connectivity index (χ0n) is 34.5. The van der Waals surface area contributed by atoms with Crippen molar-refractivity contribution in [1.29, 1.82) is 0 Å². The largest absolute Gasteiger partial charge is 0.491 e. The van der Waals surface area contributed by atoms with Crippen LogP contribution < -0.4 is 9.47 Å². The van der Waals surface area contributed by atoms with Gasteiger partial charge in [0.15, 0.2) is 0 Å². The normalized spacial score (nSPS) is 13.8. The Labute approximate surface area is 352 Å². The zero-order valence-corrected chi connectivity index (χ0v) is 36.1.